The number of nitrogens with one attached hydrogen (secondary N) is 1. The Bertz CT molecular complexity index is 899. The molecule has 0 unspecified atom stereocenters. The standard InChI is InChI=1S/C20H26N4O2/c1-3-4-12-21-13-8-11-17-22-19-18(15(2)23-26-19)20(25)24(17)14-16-9-6-5-7-10-16/h5-7,9-10,21H,3-4,8,11-14H2,1-2H3. The summed E-state index contributed by atoms with van der Waals surface area (Å²) in [4.78, 5) is 17.6. The molecule has 2 aromatic heterocycles. The Labute approximate surface area is 153 Å². The fourth-order valence-corrected chi connectivity index (χ4v) is 3.03. The average Bonchev–Trinajstić information content (AvgIpc) is 3.02. The van der Waals surface area contributed by atoms with Gasteiger partial charge in [0, 0.05) is 6.42 Å². The van der Waals surface area contributed by atoms with E-state index in [9.17, 15) is 4.79 Å². The third-order valence-electron chi connectivity index (χ3n) is 4.49. The number of rotatable bonds is 9. The molecule has 1 aromatic carbocycles. The van der Waals surface area contributed by atoms with Crippen molar-refractivity contribution < 1.29 is 4.52 Å². The SMILES string of the molecule is CCCCNCCCc1nc2onc(C)c2c(=O)n1Cc1ccccc1. The lowest BCUT2D eigenvalue weighted by Gasteiger charge is -2.12. The second-order valence-electron chi connectivity index (χ2n) is 6.56. The monoisotopic (exact) mass is 354 g/mol. The molecule has 3 aromatic rings. The second-order valence-corrected chi connectivity index (χ2v) is 6.56. The minimum Gasteiger partial charge on any atom is -0.335 e. The van der Waals surface area contributed by atoms with Crippen molar-refractivity contribution in [1.82, 2.24) is 20.0 Å². The molecule has 0 bridgehead atoms. The average molecular weight is 354 g/mol. The van der Waals surface area contributed by atoms with E-state index in [1.54, 1.807) is 11.5 Å². The number of hydrogen-bond donors (Lipinski definition) is 1. The molecule has 0 radical (unpaired) electrons. The number of benzene rings is 1. The predicted octanol–water partition coefficient (Wildman–Crippen LogP) is 3.06. The Kier molecular flexibility index (Phi) is 6.17. The lowest BCUT2D eigenvalue weighted by atomic mass is 10.2. The molecule has 0 saturated heterocycles. The summed E-state index contributed by atoms with van der Waals surface area (Å²) in [7, 11) is 0. The highest BCUT2D eigenvalue weighted by Gasteiger charge is 2.17. The van der Waals surface area contributed by atoms with E-state index in [1.807, 2.05) is 30.3 Å². The third kappa shape index (κ3) is 4.19. The fraction of sp³-hybridized carbons (Fsp3) is 0.450. The van der Waals surface area contributed by atoms with Gasteiger partial charge in [0.2, 0.25) is 0 Å². The molecular formula is C20H26N4O2. The van der Waals surface area contributed by atoms with Crippen LogP contribution in [-0.4, -0.2) is 27.8 Å². The van der Waals surface area contributed by atoms with Gasteiger partial charge in [-0.1, -0.05) is 48.8 Å². The van der Waals surface area contributed by atoms with E-state index in [0.29, 0.717) is 23.3 Å². The number of aryl methyl sites for hydroxylation is 2. The highest BCUT2D eigenvalue weighted by atomic mass is 16.5. The molecule has 6 nitrogen and oxygen atoms in total. The largest absolute Gasteiger partial charge is 0.335 e. The van der Waals surface area contributed by atoms with Gasteiger partial charge in [-0.15, -0.1) is 0 Å². The van der Waals surface area contributed by atoms with Gasteiger partial charge in [0.25, 0.3) is 11.3 Å². The van der Waals surface area contributed by atoms with Crippen molar-refractivity contribution in [2.24, 2.45) is 0 Å². The fourth-order valence-electron chi connectivity index (χ4n) is 3.03. The Hall–Kier alpha value is -2.47. The van der Waals surface area contributed by atoms with Crippen molar-refractivity contribution >= 4 is 11.1 Å². The van der Waals surface area contributed by atoms with Gasteiger partial charge in [0.1, 0.15) is 11.2 Å². The van der Waals surface area contributed by atoms with Gasteiger partial charge >= 0.3 is 0 Å². The van der Waals surface area contributed by atoms with E-state index in [2.05, 4.69) is 22.4 Å². The smallest absolute Gasteiger partial charge is 0.267 e. The van der Waals surface area contributed by atoms with Crippen molar-refractivity contribution in [2.75, 3.05) is 13.1 Å². The maximum atomic E-state index is 13.0. The number of nitrogens with zero attached hydrogens (tertiary/aromatic N) is 3. The van der Waals surface area contributed by atoms with Gasteiger partial charge in [-0.25, -0.2) is 0 Å². The van der Waals surface area contributed by atoms with Crippen molar-refractivity contribution in [3.8, 4) is 0 Å². The van der Waals surface area contributed by atoms with E-state index in [-0.39, 0.29) is 5.56 Å². The van der Waals surface area contributed by atoms with Crippen LogP contribution in [0.3, 0.4) is 0 Å². The quantitative estimate of drug-likeness (QED) is 0.598. The summed E-state index contributed by atoms with van der Waals surface area (Å²) in [5.74, 6) is 0.750. The summed E-state index contributed by atoms with van der Waals surface area (Å²) < 4.78 is 7.00. The van der Waals surface area contributed by atoms with Crippen molar-refractivity contribution in [3.05, 3.63) is 57.8 Å². The Morgan fingerprint density at radius 2 is 1.92 bits per heavy atom. The molecule has 0 saturated carbocycles. The summed E-state index contributed by atoms with van der Waals surface area (Å²) in [5.41, 5.74) is 1.93. The van der Waals surface area contributed by atoms with Crippen LogP contribution < -0.4 is 10.9 Å². The van der Waals surface area contributed by atoms with Gasteiger partial charge in [-0.3, -0.25) is 9.36 Å². The van der Waals surface area contributed by atoms with Crippen LogP contribution in [0.15, 0.2) is 39.6 Å². The highest BCUT2D eigenvalue weighted by molar-refractivity contribution is 5.74. The van der Waals surface area contributed by atoms with Crippen molar-refractivity contribution in [1.29, 1.82) is 0 Å². The molecular weight excluding hydrogens is 328 g/mol. The molecule has 0 amide bonds. The number of hydrogen-bond acceptors (Lipinski definition) is 5. The lowest BCUT2D eigenvalue weighted by molar-refractivity contribution is 0.440. The molecule has 0 spiro atoms. The number of fused-ring (bicyclic) bond motifs is 1. The molecule has 0 aliphatic carbocycles. The van der Waals surface area contributed by atoms with Gasteiger partial charge < -0.3 is 9.84 Å². The zero-order chi connectivity index (χ0) is 18.4. The van der Waals surface area contributed by atoms with Gasteiger partial charge in [-0.05, 0) is 38.4 Å². The summed E-state index contributed by atoms with van der Waals surface area (Å²) in [6.45, 7) is 6.41. The molecule has 0 atom stereocenters. The number of unbranched alkanes of at least 4 members (excludes halogenated alkanes) is 1. The Morgan fingerprint density at radius 3 is 2.69 bits per heavy atom. The molecule has 1 N–H and O–H groups in total. The summed E-state index contributed by atoms with van der Waals surface area (Å²) >= 11 is 0. The number of aromatic nitrogens is 3. The third-order valence-corrected chi connectivity index (χ3v) is 4.49. The first-order valence-electron chi connectivity index (χ1n) is 9.31. The normalized spacial score (nSPS) is 11.3. The zero-order valence-corrected chi connectivity index (χ0v) is 15.5. The summed E-state index contributed by atoms with van der Waals surface area (Å²) in [5, 5.41) is 7.82. The predicted molar refractivity (Wildman–Crippen MR) is 102 cm³/mol. The maximum absolute atomic E-state index is 13.0. The van der Waals surface area contributed by atoms with Crippen LogP contribution in [0, 0.1) is 6.92 Å². The van der Waals surface area contributed by atoms with E-state index in [0.717, 1.165) is 37.3 Å². The van der Waals surface area contributed by atoms with Crippen LogP contribution in [0.2, 0.25) is 0 Å². The first-order valence-corrected chi connectivity index (χ1v) is 9.31. The molecule has 0 aliphatic heterocycles. The zero-order valence-electron chi connectivity index (χ0n) is 15.5. The van der Waals surface area contributed by atoms with Crippen LogP contribution in [-0.2, 0) is 13.0 Å². The molecule has 0 fully saturated rings. The highest BCUT2D eigenvalue weighted by Crippen LogP contribution is 2.14. The molecule has 26 heavy (non-hydrogen) atoms. The van der Waals surface area contributed by atoms with Gasteiger partial charge in [0.15, 0.2) is 0 Å². The summed E-state index contributed by atoms with van der Waals surface area (Å²) in [6.07, 6.45) is 4.01. The second kappa shape index (κ2) is 8.76. The van der Waals surface area contributed by atoms with E-state index in [1.165, 1.54) is 12.8 Å². The van der Waals surface area contributed by atoms with Crippen LogP contribution >= 0.6 is 0 Å². The van der Waals surface area contributed by atoms with Crippen molar-refractivity contribution in [2.45, 2.75) is 46.1 Å². The molecule has 2 heterocycles. The van der Waals surface area contributed by atoms with E-state index < -0.39 is 0 Å². The van der Waals surface area contributed by atoms with Crippen LogP contribution in [0.4, 0.5) is 0 Å². The first-order chi connectivity index (χ1) is 12.7. The first kappa shape index (κ1) is 18.3. The lowest BCUT2D eigenvalue weighted by Crippen LogP contribution is -2.27. The Morgan fingerprint density at radius 1 is 1.15 bits per heavy atom. The molecule has 6 heteroatoms. The van der Waals surface area contributed by atoms with Crippen LogP contribution in [0.5, 0.6) is 0 Å². The van der Waals surface area contributed by atoms with Gasteiger partial charge in [0.05, 0.1) is 12.2 Å². The van der Waals surface area contributed by atoms with Crippen molar-refractivity contribution in [3.63, 3.8) is 0 Å². The topological polar surface area (TPSA) is 73.0 Å². The minimum absolute atomic E-state index is 0.0773. The van der Waals surface area contributed by atoms with Gasteiger partial charge in [-0.2, -0.15) is 4.98 Å². The minimum atomic E-state index is -0.0773. The van der Waals surface area contributed by atoms with E-state index >= 15 is 0 Å². The molecule has 3 rings (SSSR count). The molecule has 0 aliphatic rings. The van der Waals surface area contributed by atoms with Crippen LogP contribution in [0.25, 0.3) is 11.1 Å². The van der Waals surface area contributed by atoms with E-state index in [4.69, 9.17) is 4.52 Å². The maximum Gasteiger partial charge on any atom is 0.267 e. The summed E-state index contributed by atoms with van der Waals surface area (Å²) in [6, 6.07) is 9.98. The van der Waals surface area contributed by atoms with Crippen LogP contribution in [0.1, 0.15) is 43.3 Å². The molecule has 138 valence electrons. The Balaban J connectivity index is 1.85.